The van der Waals surface area contributed by atoms with Gasteiger partial charge in [0.15, 0.2) is 0 Å². The summed E-state index contributed by atoms with van der Waals surface area (Å²) in [5.74, 6) is 0. The lowest BCUT2D eigenvalue weighted by Crippen LogP contribution is -1.91. The van der Waals surface area contributed by atoms with Crippen LogP contribution in [0.2, 0.25) is 0 Å². The van der Waals surface area contributed by atoms with E-state index in [0.717, 1.165) is 12.1 Å². The van der Waals surface area contributed by atoms with Crippen molar-refractivity contribution in [3.8, 4) is 0 Å². The molecule has 0 unspecified atom stereocenters. The minimum absolute atomic E-state index is 0.933. The number of rotatable bonds is 1. The monoisotopic (exact) mass is 119 g/mol. The van der Waals surface area contributed by atoms with Crippen molar-refractivity contribution in [2.75, 3.05) is 0 Å². The molecule has 0 aliphatic heterocycles. The second-order valence-electron chi connectivity index (χ2n) is 1.79. The number of allylic oxidation sites excluding steroid dienone is 4. The van der Waals surface area contributed by atoms with Crippen LogP contribution in [0, 0.1) is 0 Å². The minimum Gasteiger partial charge on any atom is -0.262 e. The first kappa shape index (κ1) is 6.02. The normalized spacial score (nSPS) is 20.7. The highest BCUT2D eigenvalue weighted by Gasteiger charge is 1.90. The lowest BCUT2D eigenvalue weighted by molar-refractivity contribution is 1.41. The molecule has 0 amide bonds. The first-order chi connectivity index (χ1) is 4.43. The molecule has 0 bridgehead atoms. The molecule has 1 rings (SSSR count). The molecule has 1 nitrogen and oxygen atoms in total. The largest absolute Gasteiger partial charge is 0.262 e. The molecule has 0 aromatic heterocycles. The van der Waals surface area contributed by atoms with Crippen molar-refractivity contribution in [1.82, 2.24) is 0 Å². The first-order valence-corrected chi connectivity index (χ1v) is 2.94. The number of nitrogens with zero attached hydrogens (tertiary/aromatic N) is 1. The van der Waals surface area contributed by atoms with Crippen LogP contribution in [0.5, 0.6) is 0 Å². The lowest BCUT2D eigenvalue weighted by Gasteiger charge is -1.96. The van der Waals surface area contributed by atoms with E-state index in [1.807, 2.05) is 18.2 Å². The summed E-state index contributed by atoms with van der Waals surface area (Å²) in [6.07, 6.45) is 10.6. The summed E-state index contributed by atoms with van der Waals surface area (Å²) in [6.45, 7) is 3.51. The summed E-state index contributed by atoms with van der Waals surface area (Å²) in [5.41, 5.74) is 1.08. The van der Waals surface area contributed by atoms with E-state index in [2.05, 4.69) is 17.6 Å². The van der Waals surface area contributed by atoms with Crippen LogP contribution in [0.3, 0.4) is 0 Å². The van der Waals surface area contributed by atoms with E-state index in [1.165, 1.54) is 0 Å². The number of aliphatic imine (C=N–C) groups is 1. The molecule has 0 aromatic carbocycles. The lowest BCUT2D eigenvalue weighted by atomic mass is 10.2. The fourth-order valence-corrected chi connectivity index (χ4v) is 0.715. The topological polar surface area (TPSA) is 12.4 Å². The van der Waals surface area contributed by atoms with Crippen molar-refractivity contribution in [3.63, 3.8) is 0 Å². The van der Waals surface area contributed by atoms with Crippen molar-refractivity contribution in [2.45, 2.75) is 6.42 Å². The Labute approximate surface area is 55.1 Å². The molecule has 0 radical (unpaired) electrons. The Morgan fingerprint density at radius 1 is 1.56 bits per heavy atom. The SMILES string of the molecule is C=CN=C1C=CC=CC1. The van der Waals surface area contributed by atoms with Gasteiger partial charge in [0.2, 0.25) is 0 Å². The van der Waals surface area contributed by atoms with Crippen LogP contribution in [0.1, 0.15) is 6.42 Å². The Morgan fingerprint density at radius 3 is 3.00 bits per heavy atom. The van der Waals surface area contributed by atoms with Crippen LogP contribution in [-0.4, -0.2) is 5.71 Å². The molecule has 46 valence electrons. The molecule has 0 atom stereocenters. The zero-order valence-corrected chi connectivity index (χ0v) is 5.25. The summed E-state index contributed by atoms with van der Waals surface area (Å²) < 4.78 is 0. The predicted octanol–water partition coefficient (Wildman–Crippen LogP) is 2.09. The molecule has 1 heteroatoms. The molecular formula is C8H9N. The van der Waals surface area contributed by atoms with Crippen LogP contribution >= 0.6 is 0 Å². The molecule has 0 saturated heterocycles. The van der Waals surface area contributed by atoms with Gasteiger partial charge in [-0.2, -0.15) is 0 Å². The van der Waals surface area contributed by atoms with Gasteiger partial charge < -0.3 is 0 Å². The Balaban J connectivity index is 2.65. The molecule has 0 N–H and O–H groups in total. The van der Waals surface area contributed by atoms with Crippen molar-refractivity contribution in [2.24, 2.45) is 4.99 Å². The third-order valence-corrected chi connectivity index (χ3v) is 1.12. The average molecular weight is 119 g/mol. The maximum absolute atomic E-state index is 4.03. The molecule has 0 heterocycles. The van der Waals surface area contributed by atoms with Gasteiger partial charge in [-0.3, -0.25) is 4.99 Å². The van der Waals surface area contributed by atoms with Crippen LogP contribution < -0.4 is 0 Å². The third kappa shape index (κ3) is 1.68. The van der Waals surface area contributed by atoms with Crippen LogP contribution in [0.25, 0.3) is 0 Å². The molecule has 9 heavy (non-hydrogen) atoms. The van der Waals surface area contributed by atoms with Gasteiger partial charge in [0.1, 0.15) is 0 Å². The van der Waals surface area contributed by atoms with Crippen molar-refractivity contribution >= 4 is 5.71 Å². The van der Waals surface area contributed by atoms with E-state index in [-0.39, 0.29) is 0 Å². The molecule has 0 spiro atoms. The van der Waals surface area contributed by atoms with Gasteiger partial charge in [0.25, 0.3) is 0 Å². The maximum atomic E-state index is 4.03. The van der Waals surface area contributed by atoms with Crippen LogP contribution in [0.4, 0.5) is 0 Å². The fraction of sp³-hybridized carbons (Fsp3) is 0.125. The molecule has 1 aliphatic carbocycles. The van der Waals surface area contributed by atoms with E-state index < -0.39 is 0 Å². The van der Waals surface area contributed by atoms with Gasteiger partial charge >= 0.3 is 0 Å². The third-order valence-electron chi connectivity index (χ3n) is 1.12. The Morgan fingerprint density at radius 2 is 2.44 bits per heavy atom. The highest BCUT2D eigenvalue weighted by molar-refractivity contribution is 5.97. The van der Waals surface area contributed by atoms with Crippen molar-refractivity contribution < 1.29 is 0 Å². The van der Waals surface area contributed by atoms with Gasteiger partial charge in [0.05, 0.1) is 0 Å². The number of hydrogen-bond donors (Lipinski definition) is 0. The molecule has 0 fully saturated rings. The van der Waals surface area contributed by atoms with Crippen molar-refractivity contribution in [1.29, 1.82) is 0 Å². The van der Waals surface area contributed by atoms with Gasteiger partial charge in [-0.1, -0.05) is 24.8 Å². The Bertz CT molecular complexity index is 185. The predicted molar refractivity (Wildman–Crippen MR) is 40.5 cm³/mol. The Kier molecular flexibility index (Phi) is 2.02. The second-order valence-corrected chi connectivity index (χ2v) is 1.79. The summed E-state index contributed by atoms with van der Waals surface area (Å²) in [5, 5.41) is 0. The van der Waals surface area contributed by atoms with E-state index in [1.54, 1.807) is 6.20 Å². The molecular weight excluding hydrogens is 110 g/mol. The summed E-state index contributed by atoms with van der Waals surface area (Å²) >= 11 is 0. The van der Waals surface area contributed by atoms with Gasteiger partial charge in [-0.15, -0.1) is 0 Å². The molecule has 1 aliphatic rings. The highest BCUT2D eigenvalue weighted by Crippen LogP contribution is 1.98. The van der Waals surface area contributed by atoms with Crippen molar-refractivity contribution in [3.05, 3.63) is 37.1 Å². The minimum atomic E-state index is 0.933. The zero-order valence-electron chi connectivity index (χ0n) is 5.25. The summed E-state index contributed by atoms with van der Waals surface area (Å²) in [7, 11) is 0. The quantitative estimate of drug-likeness (QED) is 0.501. The van der Waals surface area contributed by atoms with E-state index in [0.29, 0.717) is 0 Å². The zero-order chi connectivity index (χ0) is 6.53. The first-order valence-electron chi connectivity index (χ1n) is 2.94. The smallest absolute Gasteiger partial charge is 0.0441 e. The average Bonchev–Trinajstić information content (AvgIpc) is 1.91. The van der Waals surface area contributed by atoms with E-state index in [4.69, 9.17) is 0 Å². The Hall–Kier alpha value is -1.11. The summed E-state index contributed by atoms with van der Waals surface area (Å²) in [6, 6.07) is 0. The standard InChI is InChI=1S/C8H9N/c1-2-9-8-6-4-3-5-7-8/h2-6H,1,7H2. The van der Waals surface area contributed by atoms with E-state index in [9.17, 15) is 0 Å². The van der Waals surface area contributed by atoms with E-state index >= 15 is 0 Å². The van der Waals surface area contributed by atoms with Crippen LogP contribution in [-0.2, 0) is 0 Å². The summed E-state index contributed by atoms with van der Waals surface area (Å²) in [4.78, 5) is 4.03. The van der Waals surface area contributed by atoms with Gasteiger partial charge in [0, 0.05) is 18.3 Å². The molecule has 0 saturated carbocycles. The molecule has 0 aromatic rings. The fourth-order valence-electron chi connectivity index (χ4n) is 0.715. The maximum Gasteiger partial charge on any atom is 0.0441 e. The second kappa shape index (κ2) is 3.02. The highest BCUT2D eigenvalue weighted by atomic mass is 14.7. The van der Waals surface area contributed by atoms with Gasteiger partial charge in [-0.05, 0) is 6.08 Å². The van der Waals surface area contributed by atoms with Gasteiger partial charge in [-0.25, -0.2) is 0 Å². The number of hydrogen-bond acceptors (Lipinski definition) is 1. The van der Waals surface area contributed by atoms with Crippen LogP contribution in [0.15, 0.2) is 42.1 Å².